The Kier molecular flexibility index (Phi) is 6.26. The predicted octanol–water partition coefficient (Wildman–Crippen LogP) is 2.52. The first-order valence-electron chi connectivity index (χ1n) is 8.05. The van der Waals surface area contributed by atoms with Gasteiger partial charge in [-0.15, -0.1) is 0 Å². The molecule has 128 valence electrons. The van der Waals surface area contributed by atoms with Crippen molar-refractivity contribution in [1.82, 2.24) is 20.2 Å². The molecule has 2 N–H and O–H groups in total. The summed E-state index contributed by atoms with van der Waals surface area (Å²) in [6, 6.07) is 6.18. The van der Waals surface area contributed by atoms with Crippen molar-refractivity contribution in [3.63, 3.8) is 0 Å². The van der Waals surface area contributed by atoms with Gasteiger partial charge in [-0.1, -0.05) is 12.1 Å². The molecular weight excluding hydrogens is 302 g/mol. The molecule has 1 amide bonds. The van der Waals surface area contributed by atoms with Crippen LogP contribution in [0.2, 0.25) is 0 Å². The number of benzene rings is 1. The molecule has 0 fully saturated rings. The largest absolute Gasteiger partial charge is 0.351 e. The number of nitrogens with one attached hydrogen (secondary N) is 2. The number of carbonyl (C=O) groups excluding carboxylic acids is 1. The minimum Gasteiger partial charge on any atom is -0.351 e. The molecule has 0 aliphatic heterocycles. The lowest BCUT2D eigenvalue weighted by Gasteiger charge is -2.11. The van der Waals surface area contributed by atoms with Crippen molar-refractivity contribution >= 4 is 17.4 Å². The van der Waals surface area contributed by atoms with Crippen LogP contribution in [0.5, 0.6) is 0 Å². The monoisotopic (exact) mass is 327 g/mol. The SMILES string of the molecule is Cc1ccc(C)c(Nc2cnc(C(=O)NCCCN(C)C)cn2)c1. The van der Waals surface area contributed by atoms with Crippen LogP contribution in [0.25, 0.3) is 0 Å². The quantitative estimate of drug-likeness (QED) is 0.765. The van der Waals surface area contributed by atoms with Crippen LogP contribution >= 0.6 is 0 Å². The van der Waals surface area contributed by atoms with Crippen LogP contribution < -0.4 is 10.6 Å². The van der Waals surface area contributed by atoms with E-state index in [-0.39, 0.29) is 5.91 Å². The summed E-state index contributed by atoms with van der Waals surface area (Å²) in [5.41, 5.74) is 3.62. The summed E-state index contributed by atoms with van der Waals surface area (Å²) in [5, 5.41) is 6.08. The van der Waals surface area contributed by atoms with Crippen LogP contribution in [0.4, 0.5) is 11.5 Å². The molecule has 1 aromatic carbocycles. The van der Waals surface area contributed by atoms with Gasteiger partial charge in [-0.2, -0.15) is 0 Å². The number of hydrogen-bond acceptors (Lipinski definition) is 5. The molecule has 0 saturated carbocycles. The Balaban J connectivity index is 1.92. The smallest absolute Gasteiger partial charge is 0.271 e. The molecule has 2 rings (SSSR count). The first-order valence-corrected chi connectivity index (χ1v) is 8.05. The van der Waals surface area contributed by atoms with E-state index >= 15 is 0 Å². The Morgan fingerprint density at radius 3 is 2.62 bits per heavy atom. The van der Waals surface area contributed by atoms with Crippen LogP contribution in [0.15, 0.2) is 30.6 Å². The summed E-state index contributed by atoms with van der Waals surface area (Å²) < 4.78 is 0. The van der Waals surface area contributed by atoms with Crippen molar-refractivity contribution in [2.45, 2.75) is 20.3 Å². The maximum Gasteiger partial charge on any atom is 0.271 e. The van der Waals surface area contributed by atoms with Gasteiger partial charge in [-0.05, 0) is 58.1 Å². The van der Waals surface area contributed by atoms with Crippen LogP contribution in [0.3, 0.4) is 0 Å². The molecule has 0 aliphatic carbocycles. The van der Waals surface area contributed by atoms with Gasteiger partial charge in [0.1, 0.15) is 11.5 Å². The van der Waals surface area contributed by atoms with E-state index in [9.17, 15) is 4.79 Å². The van der Waals surface area contributed by atoms with E-state index in [4.69, 9.17) is 0 Å². The zero-order valence-corrected chi connectivity index (χ0v) is 14.8. The number of hydrogen-bond donors (Lipinski definition) is 2. The summed E-state index contributed by atoms with van der Waals surface area (Å²) in [5.74, 6) is 0.424. The highest BCUT2D eigenvalue weighted by Gasteiger charge is 2.08. The normalized spacial score (nSPS) is 10.7. The van der Waals surface area contributed by atoms with Gasteiger partial charge < -0.3 is 15.5 Å². The highest BCUT2D eigenvalue weighted by atomic mass is 16.1. The third-order valence-electron chi connectivity index (χ3n) is 3.61. The zero-order chi connectivity index (χ0) is 17.5. The van der Waals surface area contributed by atoms with Gasteiger partial charge in [0.2, 0.25) is 0 Å². The van der Waals surface area contributed by atoms with Crippen LogP contribution in [-0.4, -0.2) is 48.0 Å². The van der Waals surface area contributed by atoms with E-state index in [1.807, 2.05) is 27.9 Å². The molecule has 6 nitrogen and oxygen atoms in total. The Morgan fingerprint density at radius 1 is 1.17 bits per heavy atom. The molecule has 1 aromatic heterocycles. The van der Waals surface area contributed by atoms with Gasteiger partial charge in [0.15, 0.2) is 0 Å². The number of aryl methyl sites for hydroxylation is 2. The molecule has 0 radical (unpaired) electrons. The van der Waals surface area contributed by atoms with Gasteiger partial charge >= 0.3 is 0 Å². The molecule has 2 aromatic rings. The number of rotatable bonds is 7. The molecule has 0 atom stereocenters. The first-order chi connectivity index (χ1) is 11.5. The Bertz CT molecular complexity index is 682. The fourth-order valence-electron chi connectivity index (χ4n) is 2.21. The van der Waals surface area contributed by atoms with E-state index < -0.39 is 0 Å². The molecule has 24 heavy (non-hydrogen) atoms. The lowest BCUT2D eigenvalue weighted by atomic mass is 10.1. The van der Waals surface area contributed by atoms with Gasteiger partial charge in [-0.3, -0.25) is 4.79 Å². The highest BCUT2D eigenvalue weighted by molar-refractivity contribution is 5.92. The van der Waals surface area contributed by atoms with Gasteiger partial charge in [0.05, 0.1) is 12.4 Å². The van der Waals surface area contributed by atoms with E-state index in [1.54, 1.807) is 6.20 Å². The Labute approximate surface area is 143 Å². The highest BCUT2D eigenvalue weighted by Crippen LogP contribution is 2.20. The van der Waals surface area contributed by atoms with E-state index in [1.165, 1.54) is 11.8 Å². The van der Waals surface area contributed by atoms with Crippen LogP contribution in [0.1, 0.15) is 28.0 Å². The second-order valence-corrected chi connectivity index (χ2v) is 6.14. The molecule has 0 spiro atoms. The van der Waals surface area contributed by atoms with Crippen LogP contribution in [0, 0.1) is 13.8 Å². The van der Waals surface area contributed by atoms with Crippen molar-refractivity contribution < 1.29 is 4.79 Å². The predicted molar refractivity (Wildman–Crippen MR) is 96.7 cm³/mol. The fraction of sp³-hybridized carbons (Fsp3) is 0.389. The Hall–Kier alpha value is -2.47. The topological polar surface area (TPSA) is 70.2 Å². The van der Waals surface area contributed by atoms with Crippen LogP contribution in [-0.2, 0) is 0 Å². The standard InChI is InChI=1S/C18H25N5O/c1-13-6-7-14(2)15(10-13)22-17-12-20-16(11-21-17)18(24)19-8-5-9-23(3)4/h6-7,10-12H,5,8-9H2,1-4H3,(H,19,24)(H,21,22). The summed E-state index contributed by atoms with van der Waals surface area (Å²) in [6.07, 6.45) is 3.98. The number of aromatic nitrogens is 2. The van der Waals surface area contributed by atoms with Gasteiger partial charge in [0, 0.05) is 12.2 Å². The zero-order valence-electron chi connectivity index (χ0n) is 14.8. The second-order valence-electron chi connectivity index (χ2n) is 6.14. The summed E-state index contributed by atoms with van der Waals surface area (Å²) in [7, 11) is 4.02. The van der Waals surface area contributed by atoms with Crippen molar-refractivity contribution in [1.29, 1.82) is 0 Å². The minimum absolute atomic E-state index is 0.195. The summed E-state index contributed by atoms with van der Waals surface area (Å²) >= 11 is 0. The average Bonchev–Trinajstić information content (AvgIpc) is 2.55. The van der Waals surface area contributed by atoms with Crippen molar-refractivity contribution in [3.8, 4) is 0 Å². The van der Waals surface area contributed by atoms with Crippen molar-refractivity contribution in [2.24, 2.45) is 0 Å². The maximum absolute atomic E-state index is 12.0. The number of anilines is 2. The molecule has 0 unspecified atom stereocenters. The van der Waals surface area contributed by atoms with E-state index in [0.717, 1.165) is 24.2 Å². The second kappa shape index (κ2) is 8.40. The molecular formula is C18H25N5O. The molecule has 0 bridgehead atoms. The number of nitrogens with zero attached hydrogens (tertiary/aromatic N) is 3. The molecule has 0 saturated heterocycles. The van der Waals surface area contributed by atoms with Gasteiger partial charge in [0.25, 0.3) is 5.91 Å². The molecule has 0 aliphatic rings. The minimum atomic E-state index is -0.195. The number of carbonyl (C=O) groups is 1. The third kappa shape index (κ3) is 5.31. The lowest BCUT2D eigenvalue weighted by Crippen LogP contribution is -2.27. The third-order valence-corrected chi connectivity index (χ3v) is 3.61. The average molecular weight is 327 g/mol. The van der Waals surface area contributed by atoms with E-state index in [0.29, 0.717) is 18.1 Å². The van der Waals surface area contributed by atoms with Crippen molar-refractivity contribution in [2.75, 3.05) is 32.5 Å². The molecule has 6 heteroatoms. The fourth-order valence-corrected chi connectivity index (χ4v) is 2.21. The van der Waals surface area contributed by atoms with Gasteiger partial charge in [-0.25, -0.2) is 9.97 Å². The maximum atomic E-state index is 12.0. The van der Waals surface area contributed by atoms with E-state index in [2.05, 4.69) is 43.7 Å². The molecule has 1 heterocycles. The number of amides is 1. The first kappa shape index (κ1) is 17.9. The summed E-state index contributed by atoms with van der Waals surface area (Å²) in [4.78, 5) is 22.6. The lowest BCUT2D eigenvalue weighted by molar-refractivity contribution is 0.0947. The Morgan fingerprint density at radius 2 is 1.96 bits per heavy atom. The van der Waals surface area contributed by atoms with Crippen molar-refractivity contribution in [3.05, 3.63) is 47.4 Å². The summed E-state index contributed by atoms with van der Waals surface area (Å²) in [6.45, 7) is 5.64.